The highest BCUT2D eigenvalue weighted by Crippen LogP contribution is 2.35. The maximum absolute atomic E-state index is 13.5. The number of amides is 1. The smallest absolute Gasteiger partial charge is 0.325 e. The number of benzene rings is 1. The van der Waals surface area contributed by atoms with Gasteiger partial charge in [0.05, 0.1) is 7.11 Å². The number of rotatable bonds is 4. The van der Waals surface area contributed by atoms with Gasteiger partial charge in [0.25, 0.3) is 17.0 Å². The lowest BCUT2D eigenvalue weighted by Gasteiger charge is -2.32. The Morgan fingerprint density at radius 2 is 1.79 bits per heavy atom. The van der Waals surface area contributed by atoms with Crippen LogP contribution in [0.3, 0.4) is 0 Å². The van der Waals surface area contributed by atoms with Crippen molar-refractivity contribution in [3.05, 3.63) is 84.5 Å². The highest BCUT2D eigenvalue weighted by molar-refractivity contribution is 6.06. The number of nitrogens with zero attached hydrogens (tertiary/aromatic N) is 1. The van der Waals surface area contributed by atoms with Gasteiger partial charge in [-0.05, 0) is 42.2 Å². The van der Waals surface area contributed by atoms with Gasteiger partial charge in [-0.25, -0.2) is 4.79 Å². The molecule has 2 aromatic heterocycles. The van der Waals surface area contributed by atoms with Crippen molar-refractivity contribution in [2.75, 3.05) is 12.4 Å². The molecule has 33 heavy (non-hydrogen) atoms. The van der Waals surface area contributed by atoms with Gasteiger partial charge < -0.3 is 15.0 Å². The Kier molecular flexibility index (Phi) is 5.36. The number of pyridine rings is 1. The molecule has 1 amide bonds. The molecule has 0 radical (unpaired) electrons. The number of ether oxygens (including phenoxy) is 1. The highest BCUT2D eigenvalue weighted by Gasteiger charge is 2.35. The van der Waals surface area contributed by atoms with Crippen LogP contribution in [0.4, 0.5) is 5.69 Å². The molecule has 0 atom stereocenters. The van der Waals surface area contributed by atoms with E-state index in [1.165, 1.54) is 17.7 Å². The van der Waals surface area contributed by atoms with E-state index in [0.29, 0.717) is 23.6 Å². The van der Waals surface area contributed by atoms with E-state index < -0.39 is 22.7 Å². The number of carbonyl (C=O) groups is 2. The molecular formula is C23H22N4O6. The third-order valence-corrected chi connectivity index (χ3v) is 5.53. The normalized spacial score (nSPS) is 14.5. The van der Waals surface area contributed by atoms with Gasteiger partial charge in [0.2, 0.25) is 0 Å². The first-order valence-corrected chi connectivity index (χ1v) is 10.2. The Hall–Kier alpha value is -4.21. The zero-order chi connectivity index (χ0) is 23.9. The van der Waals surface area contributed by atoms with Crippen LogP contribution in [-0.2, 0) is 6.42 Å². The van der Waals surface area contributed by atoms with Crippen LogP contribution in [0.15, 0.2) is 50.9 Å². The summed E-state index contributed by atoms with van der Waals surface area (Å²) in [5.74, 6) is -0.469. The van der Waals surface area contributed by atoms with Gasteiger partial charge in [0.1, 0.15) is 17.0 Å². The number of aromatic nitrogens is 3. The van der Waals surface area contributed by atoms with Crippen LogP contribution >= 0.6 is 0 Å². The van der Waals surface area contributed by atoms with Crippen molar-refractivity contribution in [3.8, 4) is 11.4 Å². The van der Waals surface area contributed by atoms with E-state index in [9.17, 15) is 24.0 Å². The summed E-state index contributed by atoms with van der Waals surface area (Å²) in [6.07, 6.45) is 1.76. The number of anilines is 1. The van der Waals surface area contributed by atoms with Crippen molar-refractivity contribution >= 4 is 17.4 Å². The predicted molar refractivity (Wildman–Crippen MR) is 121 cm³/mol. The number of H-pyrrole nitrogens is 2. The first kappa shape index (κ1) is 22.0. The summed E-state index contributed by atoms with van der Waals surface area (Å²) in [5, 5.41) is 2.33. The predicted octanol–water partition coefficient (Wildman–Crippen LogP) is 1.63. The SMILES string of the molecule is COc1ccc(-n2c3c(cc(C(=O)Nc4c[nH]c(=O)[nH]c4=O)c2=O)C(=O)CC(C)(C)C3)cc1. The van der Waals surface area contributed by atoms with E-state index in [1.54, 1.807) is 24.3 Å². The largest absolute Gasteiger partial charge is 0.497 e. The topological polar surface area (TPSA) is 143 Å². The van der Waals surface area contributed by atoms with Gasteiger partial charge in [-0.1, -0.05) is 13.8 Å². The molecule has 0 saturated heterocycles. The minimum absolute atomic E-state index is 0.181. The molecule has 0 saturated carbocycles. The van der Waals surface area contributed by atoms with Crippen molar-refractivity contribution in [2.24, 2.45) is 5.41 Å². The van der Waals surface area contributed by atoms with Gasteiger partial charge in [0, 0.05) is 29.6 Å². The number of methoxy groups -OCH3 is 1. The third-order valence-electron chi connectivity index (χ3n) is 5.53. The van der Waals surface area contributed by atoms with Crippen LogP contribution in [0.1, 0.15) is 46.7 Å². The van der Waals surface area contributed by atoms with Crippen LogP contribution in [0.25, 0.3) is 5.69 Å². The van der Waals surface area contributed by atoms with Gasteiger partial charge in [-0.2, -0.15) is 0 Å². The van der Waals surface area contributed by atoms with Crippen molar-refractivity contribution in [1.29, 1.82) is 0 Å². The summed E-state index contributed by atoms with van der Waals surface area (Å²) < 4.78 is 6.54. The third kappa shape index (κ3) is 4.14. The van der Waals surface area contributed by atoms with Gasteiger partial charge >= 0.3 is 5.69 Å². The average molecular weight is 450 g/mol. The first-order chi connectivity index (χ1) is 15.6. The Bertz CT molecular complexity index is 1440. The Labute approximate surface area is 187 Å². The second-order valence-corrected chi connectivity index (χ2v) is 8.64. The monoisotopic (exact) mass is 450 g/mol. The summed E-state index contributed by atoms with van der Waals surface area (Å²) in [4.78, 5) is 66.9. The molecule has 3 aromatic rings. The number of fused-ring (bicyclic) bond motifs is 1. The first-order valence-electron chi connectivity index (χ1n) is 10.2. The summed E-state index contributed by atoms with van der Waals surface area (Å²) in [5.41, 5.74) is -1.82. The Balaban J connectivity index is 1.90. The van der Waals surface area contributed by atoms with Gasteiger partial charge in [0.15, 0.2) is 5.78 Å². The van der Waals surface area contributed by atoms with E-state index in [4.69, 9.17) is 4.74 Å². The second-order valence-electron chi connectivity index (χ2n) is 8.64. The number of ketones is 1. The minimum Gasteiger partial charge on any atom is -0.497 e. The summed E-state index contributed by atoms with van der Waals surface area (Å²) in [6.45, 7) is 3.89. The van der Waals surface area contributed by atoms with E-state index in [2.05, 4.69) is 10.3 Å². The molecular weight excluding hydrogens is 428 g/mol. The quantitative estimate of drug-likeness (QED) is 0.551. The molecule has 0 bridgehead atoms. The molecule has 10 heteroatoms. The molecule has 0 unspecified atom stereocenters. The van der Waals surface area contributed by atoms with Crippen molar-refractivity contribution < 1.29 is 14.3 Å². The molecule has 0 spiro atoms. The molecule has 2 heterocycles. The van der Waals surface area contributed by atoms with E-state index in [-0.39, 0.29) is 34.4 Å². The molecule has 1 aromatic carbocycles. The molecule has 1 aliphatic carbocycles. The molecule has 0 aliphatic heterocycles. The highest BCUT2D eigenvalue weighted by atomic mass is 16.5. The minimum atomic E-state index is -0.875. The number of Topliss-reactive ketones (excluding diaryl/α,β-unsaturated/α-hetero) is 1. The van der Waals surface area contributed by atoms with Crippen LogP contribution in [-0.4, -0.2) is 33.3 Å². The molecule has 3 N–H and O–H groups in total. The summed E-state index contributed by atoms with van der Waals surface area (Å²) >= 11 is 0. The van der Waals surface area contributed by atoms with Crippen LogP contribution in [0.2, 0.25) is 0 Å². The number of carbonyl (C=O) groups excluding carboxylic acids is 2. The molecule has 0 fully saturated rings. The standard InChI is InChI=1S/C23H22N4O6/c1-23(2)9-17-14(18(28)10-23)8-15(19(29)25-16-11-24-22(32)26-20(16)30)21(31)27(17)12-4-6-13(33-3)7-5-12/h4-8,11H,9-10H2,1-3H3,(H,25,29)(H2,24,26,30,32). The lowest BCUT2D eigenvalue weighted by Crippen LogP contribution is -2.38. The maximum Gasteiger partial charge on any atom is 0.325 e. The Morgan fingerprint density at radius 1 is 1.09 bits per heavy atom. The second kappa shape index (κ2) is 8.05. The maximum atomic E-state index is 13.5. The number of hydrogen-bond acceptors (Lipinski definition) is 6. The van der Waals surface area contributed by atoms with E-state index in [1.807, 2.05) is 18.8 Å². The van der Waals surface area contributed by atoms with E-state index in [0.717, 1.165) is 6.20 Å². The summed E-state index contributed by atoms with van der Waals surface area (Å²) in [7, 11) is 1.52. The van der Waals surface area contributed by atoms with Crippen molar-refractivity contribution in [1.82, 2.24) is 14.5 Å². The zero-order valence-electron chi connectivity index (χ0n) is 18.3. The van der Waals surface area contributed by atoms with E-state index >= 15 is 0 Å². The molecule has 4 rings (SSSR count). The fraction of sp³-hybridized carbons (Fsp3) is 0.261. The van der Waals surface area contributed by atoms with Crippen molar-refractivity contribution in [2.45, 2.75) is 26.7 Å². The van der Waals surface area contributed by atoms with Gasteiger partial charge in [-0.15, -0.1) is 0 Å². The molecule has 170 valence electrons. The van der Waals surface area contributed by atoms with Gasteiger partial charge in [-0.3, -0.25) is 28.7 Å². The van der Waals surface area contributed by atoms with Crippen molar-refractivity contribution in [3.63, 3.8) is 0 Å². The van der Waals surface area contributed by atoms with Crippen LogP contribution in [0, 0.1) is 5.41 Å². The molecule has 10 nitrogen and oxygen atoms in total. The number of hydrogen-bond donors (Lipinski definition) is 3. The van der Waals surface area contributed by atoms with Crippen LogP contribution in [0.5, 0.6) is 5.75 Å². The van der Waals surface area contributed by atoms with Crippen LogP contribution < -0.4 is 26.9 Å². The zero-order valence-corrected chi connectivity index (χ0v) is 18.3. The fourth-order valence-corrected chi connectivity index (χ4v) is 3.97. The average Bonchev–Trinajstić information content (AvgIpc) is 2.75. The summed E-state index contributed by atoms with van der Waals surface area (Å²) in [6, 6.07) is 7.97. The lowest BCUT2D eigenvalue weighted by atomic mass is 9.75. The lowest BCUT2D eigenvalue weighted by molar-refractivity contribution is 0.0909. The fourth-order valence-electron chi connectivity index (χ4n) is 3.97. The number of nitrogens with one attached hydrogen (secondary N) is 3. The Morgan fingerprint density at radius 3 is 2.42 bits per heavy atom. The molecule has 1 aliphatic rings. The number of aromatic amines is 2.